The van der Waals surface area contributed by atoms with Crippen LogP contribution in [0.15, 0.2) is 30.7 Å². The molecule has 2 aliphatic rings. The van der Waals surface area contributed by atoms with Gasteiger partial charge >= 0.3 is 0 Å². The summed E-state index contributed by atoms with van der Waals surface area (Å²) in [6, 6.07) is 4.77. The fourth-order valence-electron chi connectivity index (χ4n) is 3.91. The van der Waals surface area contributed by atoms with E-state index in [4.69, 9.17) is 0 Å². The molecule has 4 rings (SSSR count). The maximum Gasteiger partial charge on any atom is 0.0540 e. The molecule has 1 atom stereocenters. The molecule has 110 valence electrons. The third-order valence-electron chi connectivity index (χ3n) is 5.27. The first-order valence-corrected chi connectivity index (χ1v) is 7.97. The van der Waals surface area contributed by atoms with Gasteiger partial charge < -0.3 is 5.32 Å². The lowest BCUT2D eigenvalue weighted by Gasteiger charge is -2.46. The van der Waals surface area contributed by atoms with Crippen molar-refractivity contribution in [2.24, 2.45) is 7.05 Å². The second-order valence-corrected chi connectivity index (χ2v) is 6.43. The molecular formula is C17H22N4. The van der Waals surface area contributed by atoms with Crippen LogP contribution < -0.4 is 5.32 Å². The molecule has 1 saturated carbocycles. The van der Waals surface area contributed by atoms with Gasteiger partial charge in [0.2, 0.25) is 0 Å². The van der Waals surface area contributed by atoms with E-state index in [0.29, 0.717) is 6.04 Å². The average Bonchev–Trinajstić information content (AvgIpc) is 2.86. The van der Waals surface area contributed by atoms with E-state index in [0.717, 1.165) is 6.42 Å². The van der Waals surface area contributed by atoms with Gasteiger partial charge in [-0.3, -0.25) is 9.67 Å². The zero-order valence-electron chi connectivity index (χ0n) is 12.5. The van der Waals surface area contributed by atoms with Crippen molar-refractivity contribution in [3.05, 3.63) is 47.5 Å². The predicted octanol–water partition coefficient (Wildman–Crippen LogP) is 2.86. The smallest absolute Gasteiger partial charge is 0.0540 e. The molecule has 21 heavy (non-hydrogen) atoms. The van der Waals surface area contributed by atoms with Crippen molar-refractivity contribution in [1.29, 1.82) is 0 Å². The number of nitrogens with zero attached hydrogens (tertiary/aromatic N) is 3. The molecule has 0 bridgehead atoms. The molecular weight excluding hydrogens is 260 g/mol. The standard InChI is InChI=1S/C17H22N4/c1-21-16-5-2-4-15(14(16)12-19-21)20-17(8-3-9-17)13-6-10-18-11-7-13/h6-7,10-12,15,20H,2-5,8-9H2,1H3. The third-order valence-corrected chi connectivity index (χ3v) is 5.27. The molecule has 1 N–H and O–H groups in total. The summed E-state index contributed by atoms with van der Waals surface area (Å²) in [4.78, 5) is 4.16. The number of hydrogen-bond donors (Lipinski definition) is 1. The Morgan fingerprint density at radius 2 is 2.05 bits per heavy atom. The third kappa shape index (κ3) is 2.09. The van der Waals surface area contributed by atoms with E-state index >= 15 is 0 Å². The minimum absolute atomic E-state index is 0.151. The molecule has 2 aromatic rings. The van der Waals surface area contributed by atoms with Crippen LogP contribution in [0.25, 0.3) is 0 Å². The van der Waals surface area contributed by atoms with Crippen LogP contribution in [0.4, 0.5) is 0 Å². The van der Waals surface area contributed by atoms with Crippen LogP contribution in [0.1, 0.15) is 55.0 Å². The van der Waals surface area contributed by atoms with E-state index in [1.54, 1.807) is 0 Å². The summed E-state index contributed by atoms with van der Waals surface area (Å²) in [7, 11) is 2.06. The lowest BCUT2D eigenvalue weighted by molar-refractivity contribution is 0.156. The molecule has 0 saturated heterocycles. The Labute approximate surface area is 125 Å². The van der Waals surface area contributed by atoms with Crippen LogP contribution in [-0.4, -0.2) is 14.8 Å². The zero-order valence-corrected chi connectivity index (χ0v) is 12.5. The van der Waals surface area contributed by atoms with Crippen LogP contribution in [0, 0.1) is 0 Å². The number of aryl methyl sites for hydroxylation is 1. The Balaban J connectivity index is 1.64. The number of rotatable bonds is 3. The number of nitrogens with one attached hydrogen (secondary N) is 1. The Morgan fingerprint density at radius 1 is 1.24 bits per heavy atom. The van der Waals surface area contributed by atoms with Crippen molar-refractivity contribution in [1.82, 2.24) is 20.1 Å². The summed E-state index contributed by atoms with van der Waals surface area (Å²) in [5, 5.41) is 8.44. The number of fused-ring (bicyclic) bond motifs is 1. The van der Waals surface area contributed by atoms with E-state index in [2.05, 4.69) is 40.8 Å². The summed E-state index contributed by atoms with van der Waals surface area (Å²) in [5.41, 5.74) is 4.35. The Hall–Kier alpha value is -1.68. The van der Waals surface area contributed by atoms with Crippen LogP contribution in [0.2, 0.25) is 0 Å². The van der Waals surface area contributed by atoms with Crippen molar-refractivity contribution < 1.29 is 0 Å². The fourth-order valence-corrected chi connectivity index (χ4v) is 3.91. The van der Waals surface area contributed by atoms with Gasteiger partial charge in [-0.1, -0.05) is 0 Å². The van der Waals surface area contributed by atoms with Gasteiger partial charge in [0.05, 0.1) is 6.20 Å². The second-order valence-electron chi connectivity index (χ2n) is 6.43. The quantitative estimate of drug-likeness (QED) is 0.941. The maximum atomic E-state index is 4.46. The number of aromatic nitrogens is 3. The minimum Gasteiger partial charge on any atom is -0.300 e. The van der Waals surface area contributed by atoms with Gasteiger partial charge in [0.15, 0.2) is 0 Å². The van der Waals surface area contributed by atoms with Crippen LogP contribution in [-0.2, 0) is 19.0 Å². The van der Waals surface area contributed by atoms with Crippen molar-refractivity contribution in [2.45, 2.75) is 50.1 Å². The molecule has 0 spiro atoms. The molecule has 2 aliphatic carbocycles. The largest absolute Gasteiger partial charge is 0.300 e. The normalized spacial score (nSPS) is 23.4. The Kier molecular flexibility index (Phi) is 3.07. The molecule has 0 radical (unpaired) electrons. The Morgan fingerprint density at radius 3 is 2.76 bits per heavy atom. The van der Waals surface area contributed by atoms with Gasteiger partial charge in [-0.05, 0) is 56.2 Å². The van der Waals surface area contributed by atoms with Crippen LogP contribution >= 0.6 is 0 Å². The molecule has 0 aromatic carbocycles. The highest BCUT2D eigenvalue weighted by Crippen LogP contribution is 2.44. The van der Waals surface area contributed by atoms with E-state index in [-0.39, 0.29) is 5.54 Å². The Bertz CT molecular complexity index is 627. The van der Waals surface area contributed by atoms with E-state index in [1.165, 1.54) is 48.9 Å². The molecule has 1 fully saturated rings. The molecule has 2 heterocycles. The van der Waals surface area contributed by atoms with E-state index in [9.17, 15) is 0 Å². The lowest BCUT2D eigenvalue weighted by atomic mass is 9.71. The number of hydrogen-bond acceptors (Lipinski definition) is 3. The van der Waals surface area contributed by atoms with Crippen molar-refractivity contribution >= 4 is 0 Å². The van der Waals surface area contributed by atoms with Crippen molar-refractivity contribution in [2.75, 3.05) is 0 Å². The summed E-state index contributed by atoms with van der Waals surface area (Å²) in [6.45, 7) is 0. The first kappa shape index (κ1) is 13.0. The molecule has 4 heteroatoms. The van der Waals surface area contributed by atoms with Gasteiger partial charge in [-0.25, -0.2) is 0 Å². The van der Waals surface area contributed by atoms with Gasteiger partial charge in [-0.15, -0.1) is 0 Å². The lowest BCUT2D eigenvalue weighted by Crippen LogP contribution is -2.50. The molecule has 2 aromatic heterocycles. The van der Waals surface area contributed by atoms with Crippen LogP contribution in [0.5, 0.6) is 0 Å². The van der Waals surface area contributed by atoms with Gasteiger partial charge in [0.25, 0.3) is 0 Å². The van der Waals surface area contributed by atoms with Crippen molar-refractivity contribution in [3.63, 3.8) is 0 Å². The second kappa shape index (κ2) is 4.95. The molecule has 4 nitrogen and oxygen atoms in total. The molecule has 1 unspecified atom stereocenters. The summed E-state index contributed by atoms with van der Waals surface area (Å²) < 4.78 is 2.04. The average molecular weight is 282 g/mol. The summed E-state index contributed by atoms with van der Waals surface area (Å²) in [6.07, 6.45) is 13.3. The first-order chi connectivity index (χ1) is 10.3. The van der Waals surface area contributed by atoms with Crippen molar-refractivity contribution in [3.8, 4) is 0 Å². The van der Waals surface area contributed by atoms with E-state index < -0.39 is 0 Å². The van der Waals surface area contributed by atoms with Gasteiger partial charge in [-0.2, -0.15) is 5.10 Å². The first-order valence-electron chi connectivity index (χ1n) is 7.97. The highest BCUT2D eigenvalue weighted by Gasteiger charge is 2.41. The highest BCUT2D eigenvalue weighted by molar-refractivity contribution is 5.29. The fraction of sp³-hybridized carbons (Fsp3) is 0.529. The summed E-state index contributed by atoms with van der Waals surface area (Å²) in [5.74, 6) is 0. The van der Waals surface area contributed by atoms with Gasteiger partial charge in [0.1, 0.15) is 0 Å². The van der Waals surface area contributed by atoms with Gasteiger partial charge in [0, 0.05) is 42.3 Å². The topological polar surface area (TPSA) is 42.7 Å². The van der Waals surface area contributed by atoms with Crippen LogP contribution in [0.3, 0.4) is 0 Å². The summed E-state index contributed by atoms with van der Waals surface area (Å²) >= 11 is 0. The minimum atomic E-state index is 0.151. The highest BCUT2D eigenvalue weighted by atomic mass is 15.3. The zero-order chi connectivity index (χ0) is 14.3. The molecule has 0 amide bonds. The number of pyridine rings is 1. The monoisotopic (exact) mass is 282 g/mol. The maximum absolute atomic E-state index is 4.46. The predicted molar refractivity (Wildman–Crippen MR) is 81.8 cm³/mol. The SMILES string of the molecule is Cn1ncc2c1CCCC2NC1(c2ccncc2)CCC1. The molecule has 0 aliphatic heterocycles. The van der Waals surface area contributed by atoms with E-state index in [1.807, 2.05) is 17.1 Å².